The first-order chi connectivity index (χ1) is 10.4. The highest BCUT2D eigenvalue weighted by Crippen LogP contribution is 2.45. The Morgan fingerprint density at radius 3 is 2.91 bits per heavy atom. The van der Waals surface area contributed by atoms with E-state index in [0.29, 0.717) is 10.6 Å². The van der Waals surface area contributed by atoms with Crippen LogP contribution in [0.4, 0.5) is 4.39 Å². The standard InChI is InChI=1S/C17H22ClFN2O/c1-17(20)8-3-2-5-11(17)16(22)21-14-9-10(14)15-12(18)6-4-7-13(15)19/h4,6-7,10-11,14H,2-3,5,8-9,20H2,1H3,(H,21,22). The van der Waals surface area contributed by atoms with Crippen LogP contribution in [0.5, 0.6) is 0 Å². The Hall–Kier alpha value is -1.13. The minimum atomic E-state index is -0.442. The third-order valence-electron chi connectivity index (χ3n) is 5.06. The quantitative estimate of drug-likeness (QED) is 0.895. The molecule has 0 heterocycles. The molecular weight excluding hydrogens is 303 g/mol. The maximum Gasteiger partial charge on any atom is 0.225 e. The molecule has 2 saturated carbocycles. The molecule has 3 rings (SSSR count). The molecule has 0 bridgehead atoms. The van der Waals surface area contributed by atoms with Crippen LogP contribution >= 0.6 is 11.6 Å². The molecule has 0 aromatic heterocycles. The van der Waals surface area contributed by atoms with Gasteiger partial charge in [-0.3, -0.25) is 4.79 Å². The molecule has 5 heteroatoms. The second kappa shape index (κ2) is 5.82. The molecule has 1 aromatic carbocycles. The number of rotatable bonds is 3. The largest absolute Gasteiger partial charge is 0.352 e. The van der Waals surface area contributed by atoms with Gasteiger partial charge in [0.15, 0.2) is 0 Å². The van der Waals surface area contributed by atoms with Crippen LogP contribution in [0.3, 0.4) is 0 Å². The van der Waals surface area contributed by atoms with E-state index >= 15 is 0 Å². The van der Waals surface area contributed by atoms with E-state index in [2.05, 4.69) is 5.32 Å². The number of halogens is 2. The summed E-state index contributed by atoms with van der Waals surface area (Å²) in [5.74, 6) is -0.468. The zero-order valence-corrected chi connectivity index (χ0v) is 13.5. The van der Waals surface area contributed by atoms with Crippen molar-refractivity contribution in [1.29, 1.82) is 0 Å². The molecule has 0 saturated heterocycles. The van der Waals surface area contributed by atoms with Gasteiger partial charge in [-0.05, 0) is 38.3 Å². The van der Waals surface area contributed by atoms with Gasteiger partial charge in [0.25, 0.3) is 0 Å². The normalized spacial score (nSPS) is 34.3. The van der Waals surface area contributed by atoms with Gasteiger partial charge in [-0.2, -0.15) is 0 Å². The third-order valence-corrected chi connectivity index (χ3v) is 5.39. The lowest BCUT2D eigenvalue weighted by atomic mass is 9.74. The number of hydrogen-bond acceptors (Lipinski definition) is 2. The topological polar surface area (TPSA) is 55.1 Å². The van der Waals surface area contributed by atoms with Crippen LogP contribution in [0.25, 0.3) is 0 Å². The molecule has 0 spiro atoms. The molecule has 3 nitrogen and oxygen atoms in total. The van der Waals surface area contributed by atoms with Crippen molar-refractivity contribution in [2.75, 3.05) is 0 Å². The first-order valence-corrected chi connectivity index (χ1v) is 8.31. The maximum absolute atomic E-state index is 13.9. The molecule has 2 aliphatic carbocycles. The highest BCUT2D eigenvalue weighted by molar-refractivity contribution is 6.31. The van der Waals surface area contributed by atoms with Gasteiger partial charge in [0, 0.05) is 28.1 Å². The average Bonchev–Trinajstić information content (AvgIpc) is 3.16. The molecular formula is C17H22ClFN2O. The van der Waals surface area contributed by atoms with Crippen LogP contribution < -0.4 is 11.1 Å². The monoisotopic (exact) mass is 324 g/mol. The number of nitrogens with one attached hydrogen (secondary N) is 1. The number of nitrogens with two attached hydrogens (primary N) is 1. The highest BCUT2D eigenvalue weighted by atomic mass is 35.5. The van der Waals surface area contributed by atoms with Crippen LogP contribution in [0.2, 0.25) is 5.02 Å². The van der Waals surface area contributed by atoms with Gasteiger partial charge in [0.05, 0.1) is 5.92 Å². The lowest BCUT2D eigenvalue weighted by Gasteiger charge is -2.37. The van der Waals surface area contributed by atoms with E-state index in [0.717, 1.165) is 32.1 Å². The summed E-state index contributed by atoms with van der Waals surface area (Å²) < 4.78 is 13.9. The van der Waals surface area contributed by atoms with E-state index < -0.39 is 5.54 Å². The van der Waals surface area contributed by atoms with Gasteiger partial charge in [0.1, 0.15) is 5.82 Å². The number of benzene rings is 1. The van der Waals surface area contributed by atoms with Crippen molar-refractivity contribution in [3.63, 3.8) is 0 Å². The fraction of sp³-hybridized carbons (Fsp3) is 0.588. The molecule has 22 heavy (non-hydrogen) atoms. The number of hydrogen-bond donors (Lipinski definition) is 2. The molecule has 3 N–H and O–H groups in total. The van der Waals surface area contributed by atoms with Gasteiger partial charge < -0.3 is 11.1 Å². The summed E-state index contributed by atoms with van der Waals surface area (Å²) >= 11 is 6.09. The van der Waals surface area contributed by atoms with Crippen molar-refractivity contribution >= 4 is 17.5 Å². The van der Waals surface area contributed by atoms with Crippen molar-refractivity contribution in [1.82, 2.24) is 5.32 Å². The number of carbonyl (C=O) groups is 1. The third kappa shape index (κ3) is 2.99. The Morgan fingerprint density at radius 1 is 1.45 bits per heavy atom. The zero-order valence-electron chi connectivity index (χ0n) is 12.7. The second-order valence-corrected chi connectivity index (χ2v) is 7.30. The van der Waals surface area contributed by atoms with Crippen LogP contribution in [-0.2, 0) is 4.79 Å². The van der Waals surface area contributed by atoms with E-state index in [4.69, 9.17) is 17.3 Å². The van der Waals surface area contributed by atoms with E-state index in [9.17, 15) is 9.18 Å². The molecule has 0 aliphatic heterocycles. The summed E-state index contributed by atoms with van der Waals surface area (Å²) in [6.07, 6.45) is 4.56. The first-order valence-electron chi connectivity index (χ1n) is 7.93. The summed E-state index contributed by atoms with van der Waals surface area (Å²) in [7, 11) is 0. The fourth-order valence-electron chi connectivity index (χ4n) is 3.61. The van der Waals surface area contributed by atoms with Crippen molar-refractivity contribution in [2.24, 2.45) is 11.7 Å². The smallest absolute Gasteiger partial charge is 0.225 e. The molecule has 4 atom stereocenters. The van der Waals surface area contributed by atoms with Crippen molar-refractivity contribution in [2.45, 2.75) is 56.5 Å². The molecule has 0 radical (unpaired) electrons. The van der Waals surface area contributed by atoms with Crippen LogP contribution in [-0.4, -0.2) is 17.5 Å². The lowest BCUT2D eigenvalue weighted by Crippen LogP contribution is -2.53. The minimum absolute atomic E-state index is 0.00432. The molecule has 1 aromatic rings. The van der Waals surface area contributed by atoms with Crippen molar-refractivity contribution in [3.05, 3.63) is 34.6 Å². The minimum Gasteiger partial charge on any atom is -0.352 e. The van der Waals surface area contributed by atoms with E-state index in [1.807, 2.05) is 6.92 Å². The van der Waals surface area contributed by atoms with Crippen LogP contribution in [0.1, 0.15) is 50.5 Å². The summed E-state index contributed by atoms with van der Waals surface area (Å²) in [6.45, 7) is 1.95. The summed E-state index contributed by atoms with van der Waals surface area (Å²) in [6, 6.07) is 4.67. The number of amides is 1. The Bertz CT molecular complexity index is 570. The van der Waals surface area contributed by atoms with Gasteiger partial charge in [-0.25, -0.2) is 4.39 Å². The zero-order chi connectivity index (χ0) is 15.9. The van der Waals surface area contributed by atoms with Gasteiger partial charge in [0.2, 0.25) is 5.91 Å². The summed E-state index contributed by atoms with van der Waals surface area (Å²) in [5, 5.41) is 3.47. The SMILES string of the molecule is CC1(N)CCCCC1C(=O)NC1CC1c1c(F)cccc1Cl. The molecule has 4 unspecified atom stereocenters. The molecule has 120 valence electrons. The first kappa shape index (κ1) is 15.8. The Morgan fingerprint density at radius 2 is 2.23 bits per heavy atom. The molecule has 2 fully saturated rings. The van der Waals surface area contributed by atoms with Gasteiger partial charge in [-0.15, -0.1) is 0 Å². The number of carbonyl (C=O) groups excluding carboxylic acids is 1. The van der Waals surface area contributed by atoms with Gasteiger partial charge in [-0.1, -0.05) is 30.5 Å². The average molecular weight is 325 g/mol. The fourth-order valence-corrected chi connectivity index (χ4v) is 3.91. The predicted octanol–water partition coefficient (Wildman–Crippen LogP) is 3.36. The van der Waals surface area contributed by atoms with Gasteiger partial charge >= 0.3 is 0 Å². The Balaban J connectivity index is 1.65. The van der Waals surface area contributed by atoms with Crippen LogP contribution in [0.15, 0.2) is 18.2 Å². The predicted molar refractivity (Wildman–Crippen MR) is 85.2 cm³/mol. The van der Waals surface area contributed by atoms with Crippen LogP contribution in [0, 0.1) is 11.7 Å². The van der Waals surface area contributed by atoms with E-state index in [1.165, 1.54) is 6.07 Å². The second-order valence-electron chi connectivity index (χ2n) is 6.90. The molecule has 1 amide bonds. The lowest BCUT2D eigenvalue weighted by molar-refractivity contribution is -0.128. The van der Waals surface area contributed by atoms with E-state index in [-0.39, 0.29) is 29.6 Å². The molecule has 2 aliphatic rings. The summed E-state index contributed by atoms with van der Waals surface area (Å²) in [4.78, 5) is 12.5. The van der Waals surface area contributed by atoms with E-state index in [1.54, 1.807) is 12.1 Å². The Labute approximate surface area is 135 Å². The van der Waals surface area contributed by atoms with Crippen molar-refractivity contribution in [3.8, 4) is 0 Å². The maximum atomic E-state index is 13.9. The van der Waals surface area contributed by atoms with Crippen molar-refractivity contribution < 1.29 is 9.18 Å². The summed E-state index contributed by atoms with van der Waals surface area (Å²) in [5.41, 5.74) is 6.35. The Kier molecular flexibility index (Phi) is 4.17. The highest BCUT2D eigenvalue weighted by Gasteiger charge is 2.45.